The lowest BCUT2D eigenvalue weighted by Crippen LogP contribution is -2.41. The normalized spacial score (nSPS) is 10.1. The number of ether oxygens (including phenoxy) is 1. The highest BCUT2D eigenvalue weighted by atomic mass is 35.5. The van der Waals surface area contributed by atoms with Crippen molar-refractivity contribution in [3.63, 3.8) is 0 Å². The molecule has 2 aromatic rings. The summed E-state index contributed by atoms with van der Waals surface area (Å²) in [5, 5.41) is 0.805. The van der Waals surface area contributed by atoms with Gasteiger partial charge in [-0.3, -0.25) is 20.4 Å². The Hall–Kier alpha value is -2.24. The van der Waals surface area contributed by atoms with Crippen molar-refractivity contribution in [2.45, 2.75) is 12.8 Å². The summed E-state index contributed by atoms with van der Waals surface area (Å²) in [5.74, 6) is -0.208. The summed E-state index contributed by atoms with van der Waals surface area (Å²) in [5.41, 5.74) is 5.89. The smallest absolute Gasteiger partial charge is 0.271 e. The van der Waals surface area contributed by atoms with Crippen molar-refractivity contribution in [2.75, 3.05) is 7.11 Å². The van der Waals surface area contributed by atoms with Crippen LogP contribution in [0.2, 0.25) is 10.0 Å². The lowest BCUT2D eigenvalue weighted by molar-refractivity contribution is -0.121. The topological polar surface area (TPSA) is 67.4 Å². The van der Waals surface area contributed by atoms with E-state index in [-0.39, 0.29) is 12.3 Å². The molecule has 0 aliphatic heterocycles. The molecule has 2 amide bonds. The van der Waals surface area contributed by atoms with E-state index in [9.17, 15) is 9.59 Å². The van der Waals surface area contributed by atoms with Crippen LogP contribution in [0.25, 0.3) is 0 Å². The van der Waals surface area contributed by atoms with Gasteiger partial charge < -0.3 is 4.74 Å². The van der Waals surface area contributed by atoms with Gasteiger partial charge in [0.25, 0.3) is 5.91 Å². The fourth-order valence-electron chi connectivity index (χ4n) is 2.02. The molecule has 126 valence electrons. The molecule has 0 heterocycles. The maximum absolute atomic E-state index is 11.9. The van der Waals surface area contributed by atoms with E-state index in [0.717, 1.165) is 5.56 Å². The average molecular weight is 367 g/mol. The van der Waals surface area contributed by atoms with E-state index in [4.69, 9.17) is 27.9 Å². The van der Waals surface area contributed by atoms with Gasteiger partial charge in [0.1, 0.15) is 5.75 Å². The third kappa shape index (κ3) is 4.88. The zero-order chi connectivity index (χ0) is 17.5. The van der Waals surface area contributed by atoms with E-state index in [2.05, 4.69) is 10.9 Å². The van der Waals surface area contributed by atoms with Crippen LogP contribution in [0.4, 0.5) is 0 Å². The molecule has 0 spiro atoms. The molecule has 0 radical (unpaired) electrons. The van der Waals surface area contributed by atoms with Crippen molar-refractivity contribution in [3.8, 4) is 5.75 Å². The fourth-order valence-corrected chi connectivity index (χ4v) is 2.53. The molecule has 2 aromatic carbocycles. The van der Waals surface area contributed by atoms with Crippen LogP contribution in [-0.2, 0) is 11.2 Å². The van der Waals surface area contributed by atoms with Crippen LogP contribution in [0.5, 0.6) is 5.75 Å². The zero-order valence-electron chi connectivity index (χ0n) is 12.9. The molecular formula is C17H16Cl2N2O3. The molecule has 5 nitrogen and oxygen atoms in total. The fraction of sp³-hybridized carbons (Fsp3) is 0.176. The van der Waals surface area contributed by atoms with Crippen LogP contribution in [0.1, 0.15) is 22.3 Å². The Morgan fingerprint density at radius 3 is 2.46 bits per heavy atom. The number of carbonyl (C=O) groups is 2. The van der Waals surface area contributed by atoms with Crippen molar-refractivity contribution >= 4 is 35.0 Å². The molecule has 0 aliphatic carbocycles. The Morgan fingerprint density at radius 1 is 1.04 bits per heavy atom. The van der Waals surface area contributed by atoms with E-state index in [1.807, 2.05) is 6.07 Å². The van der Waals surface area contributed by atoms with Crippen molar-refractivity contribution in [1.29, 1.82) is 0 Å². The predicted octanol–water partition coefficient (Wildman–Crippen LogP) is 3.40. The first kappa shape index (κ1) is 18.1. The van der Waals surface area contributed by atoms with Crippen molar-refractivity contribution in [2.24, 2.45) is 0 Å². The Kier molecular flexibility index (Phi) is 6.46. The Labute approximate surface area is 149 Å². The number of hydrogen-bond acceptors (Lipinski definition) is 3. The second kappa shape index (κ2) is 8.57. The highest BCUT2D eigenvalue weighted by Crippen LogP contribution is 2.25. The molecule has 0 atom stereocenters. The standard InChI is InChI=1S/C17H16Cl2N2O3/c1-24-15-8-6-11(10-14(15)19)7-9-16(22)20-21-17(23)12-4-2-3-5-13(12)18/h2-6,8,10H,7,9H2,1H3,(H,20,22)(H,21,23). The first-order valence-corrected chi connectivity index (χ1v) is 7.93. The summed E-state index contributed by atoms with van der Waals surface area (Å²) in [6.07, 6.45) is 0.684. The van der Waals surface area contributed by atoms with Gasteiger partial charge in [0.2, 0.25) is 5.91 Å². The second-order valence-corrected chi connectivity index (χ2v) is 5.77. The zero-order valence-corrected chi connectivity index (χ0v) is 14.4. The molecular weight excluding hydrogens is 351 g/mol. The van der Waals surface area contributed by atoms with Crippen molar-refractivity contribution in [3.05, 3.63) is 63.6 Å². The molecule has 2 N–H and O–H groups in total. The van der Waals surface area contributed by atoms with Gasteiger partial charge in [0.05, 0.1) is 22.7 Å². The van der Waals surface area contributed by atoms with E-state index in [1.165, 1.54) is 7.11 Å². The van der Waals surface area contributed by atoms with Crippen LogP contribution in [0.15, 0.2) is 42.5 Å². The highest BCUT2D eigenvalue weighted by Gasteiger charge is 2.11. The maximum atomic E-state index is 11.9. The summed E-state index contributed by atoms with van der Waals surface area (Å²) in [6, 6.07) is 11.9. The lowest BCUT2D eigenvalue weighted by atomic mass is 10.1. The van der Waals surface area contributed by atoms with Gasteiger partial charge in [-0.25, -0.2) is 0 Å². The maximum Gasteiger partial charge on any atom is 0.271 e. The number of amides is 2. The number of methoxy groups -OCH3 is 1. The summed E-state index contributed by atoms with van der Waals surface area (Å²) in [6.45, 7) is 0. The molecule has 7 heteroatoms. The summed E-state index contributed by atoms with van der Waals surface area (Å²) < 4.78 is 5.07. The van der Waals surface area contributed by atoms with E-state index in [1.54, 1.807) is 36.4 Å². The highest BCUT2D eigenvalue weighted by molar-refractivity contribution is 6.33. The van der Waals surface area contributed by atoms with Crippen LogP contribution in [0.3, 0.4) is 0 Å². The number of hydrogen-bond donors (Lipinski definition) is 2. The van der Waals surface area contributed by atoms with Crippen molar-refractivity contribution in [1.82, 2.24) is 10.9 Å². The van der Waals surface area contributed by atoms with Crippen molar-refractivity contribution < 1.29 is 14.3 Å². The van der Waals surface area contributed by atoms with Gasteiger partial charge >= 0.3 is 0 Å². The minimum Gasteiger partial charge on any atom is -0.495 e. The summed E-state index contributed by atoms with van der Waals surface area (Å²) >= 11 is 12.0. The SMILES string of the molecule is COc1ccc(CCC(=O)NNC(=O)c2ccccc2Cl)cc1Cl. The Morgan fingerprint density at radius 2 is 1.79 bits per heavy atom. The molecule has 24 heavy (non-hydrogen) atoms. The number of halogens is 2. The summed E-state index contributed by atoms with van der Waals surface area (Å²) in [7, 11) is 1.54. The van der Waals surface area contributed by atoms with Crippen LogP contribution in [0, 0.1) is 0 Å². The van der Waals surface area contributed by atoms with Gasteiger partial charge in [0.15, 0.2) is 0 Å². The first-order chi connectivity index (χ1) is 11.5. The minimum absolute atomic E-state index is 0.200. The second-order valence-electron chi connectivity index (χ2n) is 4.95. The molecule has 0 bridgehead atoms. The number of benzene rings is 2. The van der Waals surface area contributed by atoms with Crippen LogP contribution in [-0.4, -0.2) is 18.9 Å². The average Bonchev–Trinajstić information content (AvgIpc) is 2.58. The van der Waals surface area contributed by atoms with Gasteiger partial charge in [-0.05, 0) is 36.2 Å². The number of hydrazine groups is 1. The number of aryl methyl sites for hydroxylation is 1. The quantitative estimate of drug-likeness (QED) is 0.796. The molecule has 2 rings (SSSR count). The minimum atomic E-state index is -0.471. The van der Waals surface area contributed by atoms with E-state index >= 15 is 0 Å². The molecule has 0 fully saturated rings. The summed E-state index contributed by atoms with van der Waals surface area (Å²) in [4.78, 5) is 23.7. The molecule has 0 saturated carbocycles. The van der Waals surface area contributed by atoms with E-state index < -0.39 is 5.91 Å². The number of rotatable bonds is 5. The third-order valence-corrected chi connectivity index (χ3v) is 3.92. The van der Waals surface area contributed by atoms with E-state index in [0.29, 0.717) is 27.8 Å². The monoisotopic (exact) mass is 366 g/mol. The van der Waals surface area contributed by atoms with Gasteiger partial charge in [-0.1, -0.05) is 41.4 Å². The molecule has 0 unspecified atom stereocenters. The number of nitrogens with one attached hydrogen (secondary N) is 2. The van der Waals surface area contributed by atoms with Crippen LogP contribution >= 0.6 is 23.2 Å². The molecule has 0 aromatic heterocycles. The van der Waals surface area contributed by atoms with Gasteiger partial charge in [-0.15, -0.1) is 0 Å². The first-order valence-electron chi connectivity index (χ1n) is 7.17. The van der Waals surface area contributed by atoms with Gasteiger partial charge in [0, 0.05) is 6.42 Å². The predicted molar refractivity (Wildman–Crippen MR) is 93.4 cm³/mol. The number of carbonyl (C=O) groups excluding carboxylic acids is 2. The van der Waals surface area contributed by atoms with Gasteiger partial charge in [-0.2, -0.15) is 0 Å². The van der Waals surface area contributed by atoms with Crippen LogP contribution < -0.4 is 15.6 Å². The molecule has 0 saturated heterocycles. The lowest BCUT2D eigenvalue weighted by Gasteiger charge is -2.09. The third-order valence-electron chi connectivity index (χ3n) is 3.29. The Balaban J connectivity index is 1.82. The molecule has 0 aliphatic rings. The largest absolute Gasteiger partial charge is 0.495 e. The Bertz CT molecular complexity index is 750.